The fourth-order valence-electron chi connectivity index (χ4n) is 11.2. The van der Waals surface area contributed by atoms with E-state index in [4.69, 9.17) is 4.42 Å². The standard InChI is InChI=1S/C59H45NO/c1-4-20-40(21-5-1)44-31-16-22-41-23-17-32-46(56(41)44)45-28-11-14-35-51(45)60(53-37-19-39-55-58(53)48-30-12-15-38-54(48)61-55)52-36-18-34-50-57(52)47-29-10-13-33-49(47)59(50,42-24-6-2-7-25-42)43-26-8-3-9-27-43/h2-3,6-19,22-40H,1,4-5,20-21H2. The van der Waals surface area contributed by atoms with E-state index in [1.807, 2.05) is 0 Å². The van der Waals surface area contributed by atoms with Gasteiger partial charge in [0, 0.05) is 16.5 Å². The van der Waals surface area contributed by atoms with Crippen molar-refractivity contribution in [3.05, 3.63) is 234 Å². The third kappa shape index (κ3) is 5.48. The highest BCUT2D eigenvalue weighted by atomic mass is 16.3. The minimum Gasteiger partial charge on any atom is -0.456 e. The van der Waals surface area contributed by atoms with Gasteiger partial charge in [-0.25, -0.2) is 0 Å². The summed E-state index contributed by atoms with van der Waals surface area (Å²) in [5.74, 6) is 0.561. The Kier molecular flexibility index (Phi) is 8.52. The molecule has 2 aliphatic rings. The molecule has 2 aliphatic carbocycles. The summed E-state index contributed by atoms with van der Waals surface area (Å²) in [5, 5.41) is 4.90. The molecule has 1 fully saturated rings. The van der Waals surface area contributed by atoms with Crippen LogP contribution in [0, 0.1) is 0 Å². The summed E-state index contributed by atoms with van der Waals surface area (Å²) < 4.78 is 6.64. The fraction of sp³-hybridized carbons (Fsp3) is 0.119. The van der Waals surface area contributed by atoms with Crippen molar-refractivity contribution in [2.75, 3.05) is 4.90 Å². The van der Waals surface area contributed by atoms with Crippen molar-refractivity contribution >= 4 is 49.8 Å². The van der Waals surface area contributed by atoms with Gasteiger partial charge in [0.05, 0.1) is 27.9 Å². The highest BCUT2D eigenvalue weighted by molar-refractivity contribution is 6.15. The monoisotopic (exact) mass is 783 g/mol. The summed E-state index contributed by atoms with van der Waals surface area (Å²) in [6, 6.07) is 76.4. The molecule has 1 aromatic heterocycles. The Morgan fingerprint density at radius 2 is 0.984 bits per heavy atom. The lowest BCUT2D eigenvalue weighted by Crippen LogP contribution is -2.28. The topological polar surface area (TPSA) is 16.4 Å². The Hall–Kier alpha value is -7.16. The first-order valence-corrected chi connectivity index (χ1v) is 22.0. The molecule has 61 heavy (non-hydrogen) atoms. The van der Waals surface area contributed by atoms with Crippen LogP contribution in [0.25, 0.3) is 55.0 Å². The van der Waals surface area contributed by atoms with Crippen molar-refractivity contribution < 1.29 is 4.42 Å². The van der Waals surface area contributed by atoms with E-state index >= 15 is 0 Å². The second kappa shape index (κ2) is 14.5. The van der Waals surface area contributed by atoms with Gasteiger partial charge in [-0.2, -0.15) is 0 Å². The molecule has 9 aromatic carbocycles. The normalized spacial score (nSPS) is 14.6. The predicted octanol–water partition coefficient (Wildman–Crippen LogP) is 16.3. The van der Waals surface area contributed by atoms with Gasteiger partial charge in [0.1, 0.15) is 11.2 Å². The number of nitrogens with zero attached hydrogens (tertiary/aromatic N) is 1. The second-order valence-electron chi connectivity index (χ2n) is 16.9. The maximum Gasteiger partial charge on any atom is 0.137 e. The lowest BCUT2D eigenvalue weighted by molar-refractivity contribution is 0.445. The van der Waals surface area contributed by atoms with Crippen molar-refractivity contribution in [3.63, 3.8) is 0 Å². The van der Waals surface area contributed by atoms with Gasteiger partial charge in [-0.1, -0.05) is 195 Å². The van der Waals surface area contributed by atoms with Gasteiger partial charge in [-0.3, -0.25) is 0 Å². The van der Waals surface area contributed by atoms with E-state index in [0.29, 0.717) is 5.92 Å². The fourth-order valence-corrected chi connectivity index (χ4v) is 11.2. The van der Waals surface area contributed by atoms with Gasteiger partial charge in [0.15, 0.2) is 0 Å². The van der Waals surface area contributed by atoms with Crippen molar-refractivity contribution in [1.29, 1.82) is 0 Å². The van der Waals surface area contributed by atoms with Crippen LogP contribution >= 0.6 is 0 Å². The first-order valence-electron chi connectivity index (χ1n) is 22.0. The van der Waals surface area contributed by atoms with E-state index in [2.05, 4.69) is 211 Å². The first-order chi connectivity index (χ1) is 30.3. The van der Waals surface area contributed by atoms with Crippen LogP contribution in [0.5, 0.6) is 0 Å². The quantitative estimate of drug-likeness (QED) is 0.160. The maximum atomic E-state index is 6.64. The molecule has 292 valence electrons. The average molecular weight is 784 g/mol. The molecular formula is C59H45NO. The van der Waals surface area contributed by atoms with Gasteiger partial charge in [-0.05, 0) is 98.8 Å². The van der Waals surface area contributed by atoms with Crippen LogP contribution in [0.2, 0.25) is 0 Å². The van der Waals surface area contributed by atoms with Gasteiger partial charge in [0.25, 0.3) is 0 Å². The number of hydrogen-bond acceptors (Lipinski definition) is 2. The molecule has 0 atom stereocenters. The van der Waals surface area contributed by atoms with Crippen LogP contribution in [-0.2, 0) is 5.41 Å². The van der Waals surface area contributed by atoms with Crippen LogP contribution in [0.15, 0.2) is 211 Å². The molecule has 0 spiro atoms. The Morgan fingerprint density at radius 3 is 1.79 bits per heavy atom. The molecule has 0 bridgehead atoms. The molecular weight excluding hydrogens is 739 g/mol. The van der Waals surface area contributed by atoms with E-state index in [1.54, 1.807) is 0 Å². The molecule has 0 saturated heterocycles. The molecule has 2 nitrogen and oxygen atoms in total. The lowest BCUT2D eigenvalue weighted by Gasteiger charge is -2.35. The van der Waals surface area contributed by atoms with Gasteiger partial charge in [0.2, 0.25) is 0 Å². The van der Waals surface area contributed by atoms with E-state index in [9.17, 15) is 0 Å². The molecule has 0 aliphatic heterocycles. The summed E-state index contributed by atoms with van der Waals surface area (Å²) in [4.78, 5) is 2.56. The third-order valence-corrected chi connectivity index (χ3v) is 13.7. The van der Waals surface area contributed by atoms with Crippen LogP contribution < -0.4 is 4.90 Å². The highest BCUT2D eigenvalue weighted by Crippen LogP contribution is 2.60. The first kappa shape index (κ1) is 35.8. The molecule has 0 N–H and O–H groups in total. The maximum absolute atomic E-state index is 6.64. The van der Waals surface area contributed by atoms with Crippen LogP contribution in [0.1, 0.15) is 65.8 Å². The molecule has 12 rings (SSSR count). The van der Waals surface area contributed by atoms with Crippen molar-refractivity contribution in [1.82, 2.24) is 0 Å². The minimum atomic E-state index is -0.533. The molecule has 0 unspecified atom stereocenters. The molecule has 1 saturated carbocycles. The van der Waals surface area contributed by atoms with E-state index < -0.39 is 5.41 Å². The zero-order valence-electron chi connectivity index (χ0n) is 34.1. The van der Waals surface area contributed by atoms with Crippen LogP contribution in [-0.4, -0.2) is 0 Å². The van der Waals surface area contributed by atoms with Crippen LogP contribution in [0.3, 0.4) is 0 Å². The van der Waals surface area contributed by atoms with E-state index in [-0.39, 0.29) is 0 Å². The summed E-state index contributed by atoms with van der Waals surface area (Å²) in [6.45, 7) is 0. The summed E-state index contributed by atoms with van der Waals surface area (Å²) in [5.41, 5.74) is 16.1. The average Bonchev–Trinajstić information content (AvgIpc) is 3.87. The number of hydrogen-bond donors (Lipinski definition) is 0. The second-order valence-corrected chi connectivity index (χ2v) is 16.9. The molecule has 2 heteroatoms. The molecule has 0 amide bonds. The SMILES string of the molecule is c1ccc(C2(c3ccccc3)c3ccccc3-c3c(N(c4ccccc4-c4cccc5cccc(C6CCCCC6)c45)c4cccc5oc6ccccc6c45)cccc32)cc1. The number of furan rings is 1. The largest absolute Gasteiger partial charge is 0.456 e. The molecule has 0 radical (unpaired) electrons. The van der Waals surface area contributed by atoms with E-state index in [0.717, 1.165) is 39.0 Å². The number of benzene rings is 9. The Labute approximate surface area is 357 Å². The van der Waals surface area contributed by atoms with Gasteiger partial charge < -0.3 is 9.32 Å². The third-order valence-electron chi connectivity index (χ3n) is 13.7. The summed E-state index contributed by atoms with van der Waals surface area (Å²) in [7, 11) is 0. The molecule has 1 heterocycles. The molecule has 10 aromatic rings. The van der Waals surface area contributed by atoms with Crippen molar-refractivity contribution in [2.24, 2.45) is 0 Å². The summed E-state index contributed by atoms with van der Waals surface area (Å²) in [6.07, 6.45) is 6.42. The van der Waals surface area contributed by atoms with E-state index in [1.165, 1.54) is 92.9 Å². The summed E-state index contributed by atoms with van der Waals surface area (Å²) >= 11 is 0. The van der Waals surface area contributed by atoms with Gasteiger partial charge >= 0.3 is 0 Å². The van der Waals surface area contributed by atoms with Crippen molar-refractivity contribution in [2.45, 2.75) is 43.4 Å². The van der Waals surface area contributed by atoms with Crippen molar-refractivity contribution in [3.8, 4) is 22.3 Å². The zero-order valence-corrected chi connectivity index (χ0v) is 34.1. The van der Waals surface area contributed by atoms with Gasteiger partial charge in [-0.15, -0.1) is 0 Å². The smallest absolute Gasteiger partial charge is 0.137 e. The Morgan fingerprint density at radius 1 is 0.410 bits per heavy atom. The Bertz CT molecular complexity index is 3200. The zero-order chi connectivity index (χ0) is 40.3. The lowest BCUT2D eigenvalue weighted by atomic mass is 9.68. The number of rotatable bonds is 7. The number of fused-ring (bicyclic) bond motifs is 7. The Balaban J connectivity index is 1.20. The predicted molar refractivity (Wildman–Crippen MR) is 254 cm³/mol. The number of para-hydroxylation sites is 2. The minimum absolute atomic E-state index is 0.533. The van der Waals surface area contributed by atoms with Crippen LogP contribution in [0.4, 0.5) is 17.1 Å². The number of anilines is 3. The highest BCUT2D eigenvalue weighted by Gasteiger charge is 2.47.